The highest BCUT2D eigenvalue weighted by atomic mass is 19.1. The maximum absolute atomic E-state index is 13.2. The van der Waals surface area contributed by atoms with Gasteiger partial charge in [0.15, 0.2) is 0 Å². The zero-order valence-corrected chi connectivity index (χ0v) is 9.34. The minimum Gasteiger partial charge on any atom is -0.481 e. The van der Waals surface area contributed by atoms with Crippen LogP contribution in [0.15, 0.2) is 12.1 Å². The number of halogens is 3. The van der Waals surface area contributed by atoms with E-state index in [9.17, 15) is 18.0 Å². The summed E-state index contributed by atoms with van der Waals surface area (Å²) in [5.41, 5.74) is -0.191. The van der Waals surface area contributed by atoms with Crippen molar-refractivity contribution in [3.05, 3.63) is 35.1 Å². The molecular formula is C12H13F3O2. The minimum absolute atomic E-state index is 0.0512. The van der Waals surface area contributed by atoms with Crippen LogP contribution in [-0.4, -0.2) is 11.1 Å². The quantitative estimate of drug-likeness (QED) is 0.866. The summed E-state index contributed by atoms with van der Waals surface area (Å²) in [4.78, 5) is 10.4. The Balaban J connectivity index is 2.66. The van der Waals surface area contributed by atoms with Gasteiger partial charge in [-0.2, -0.15) is 0 Å². The lowest BCUT2D eigenvalue weighted by molar-refractivity contribution is -0.138. The van der Waals surface area contributed by atoms with Crippen LogP contribution in [0.25, 0.3) is 0 Å². The molecule has 0 aliphatic carbocycles. The average Bonchev–Trinajstić information content (AvgIpc) is 2.14. The molecule has 0 amide bonds. The van der Waals surface area contributed by atoms with Crippen LogP contribution in [0.4, 0.5) is 13.2 Å². The van der Waals surface area contributed by atoms with E-state index >= 15 is 0 Å². The number of hydrogen-bond acceptors (Lipinski definition) is 1. The van der Waals surface area contributed by atoms with Crippen molar-refractivity contribution >= 4 is 5.97 Å². The van der Waals surface area contributed by atoms with E-state index in [4.69, 9.17) is 5.11 Å². The molecule has 0 heterocycles. The summed E-state index contributed by atoms with van der Waals surface area (Å²) in [5.74, 6) is -3.94. The van der Waals surface area contributed by atoms with Gasteiger partial charge in [-0.05, 0) is 18.8 Å². The van der Waals surface area contributed by atoms with Crippen molar-refractivity contribution in [2.24, 2.45) is 5.92 Å². The van der Waals surface area contributed by atoms with Crippen molar-refractivity contribution in [2.75, 3.05) is 0 Å². The smallest absolute Gasteiger partial charge is 0.303 e. The molecule has 94 valence electrons. The number of aliphatic carboxylic acids is 1. The van der Waals surface area contributed by atoms with Crippen LogP contribution in [0.1, 0.15) is 25.3 Å². The number of rotatable bonds is 5. The van der Waals surface area contributed by atoms with Crippen molar-refractivity contribution in [3.8, 4) is 0 Å². The highest BCUT2D eigenvalue weighted by molar-refractivity contribution is 5.66. The molecule has 0 radical (unpaired) electrons. The number of carboxylic acid groups (broad SMARTS) is 1. The largest absolute Gasteiger partial charge is 0.481 e. The van der Waals surface area contributed by atoms with Crippen molar-refractivity contribution in [1.82, 2.24) is 0 Å². The Morgan fingerprint density at radius 1 is 1.29 bits per heavy atom. The molecule has 1 rings (SSSR count). The first-order valence-electron chi connectivity index (χ1n) is 5.25. The third-order valence-corrected chi connectivity index (χ3v) is 2.52. The average molecular weight is 246 g/mol. The van der Waals surface area contributed by atoms with Crippen LogP contribution in [0, 0.1) is 23.4 Å². The van der Waals surface area contributed by atoms with Crippen molar-refractivity contribution < 1.29 is 23.1 Å². The Morgan fingerprint density at radius 2 is 1.82 bits per heavy atom. The molecule has 5 heteroatoms. The first kappa shape index (κ1) is 13.5. The van der Waals surface area contributed by atoms with E-state index in [0.29, 0.717) is 18.6 Å². The molecule has 17 heavy (non-hydrogen) atoms. The zero-order chi connectivity index (χ0) is 13.0. The standard InChI is InChI=1S/C12H13F3O2/c1-7(4-12(16)17)2-3-9-10(14)5-8(13)6-11(9)15/h5-7H,2-4H2,1H3,(H,16,17). The van der Waals surface area contributed by atoms with Gasteiger partial charge in [0.25, 0.3) is 0 Å². The molecule has 1 unspecified atom stereocenters. The predicted molar refractivity (Wildman–Crippen MR) is 56.1 cm³/mol. The lowest BCUT2D eigenvalue weighted by Gasteiger charge is -2.09. The Kier molecular flexibility index (Phi) is 4.54. The summed E-state index contributed by atoms with van der Waals surface area (Å²) < 4.78 is 39.1. The predicted octanol–water partition coefficient (Wildman–Crippen LogP) is 3.15. The molecule has 0 saturated carbocycles. The second kappa shape index (κ2) is 5.70. The first-order valence-corrected chi connectivity index (χ1v) is 5.25. The Hall–Kier alpha value is -1.52. The fraction of sp³-hybridized carbons (Fsp3) is 0.417. The topological polar surface area (TPSA) is 37.3 Å². The molecule has 1 aromatic carbocycles. The van der Waals surface area contributed by atoms with Gasteiger partial charge in [-0.1, -0.05) is 6.92 Å². The molecule has 0 aliphatic heterocycles. The molecule has 0 aliphatic rings. The van der Waals surface area contributed by atoms with Crippen LogP contribution >= 0.6 is 0 Å². The SMILES string of the molecule is CC(CCc1c(F)cc(F)cc1F)CC(=O)O. The van der Waals surface area contributed by atoms with Gasteiger partial charge in [-0.25, -0.2) is 13.2 Å². The summed E-state index contributed by atoms with van der Waals surface area (Å²) >= 11 is 0. The third-order valence-electron chi connectivity index (χ3n) is 2.52. The second-order valence-electron chi connectivity index (χ2n) is 4.09. The van der Waals surface area contributed by atoms with Crippen LogP contribution in [-0.2, 0) is 11.2 Å². The highest BCUT2D eigenvalue weighted by Gasteiger charge is 2.14. The Morgan fingerprint density at radius 3 is 2.29 bits per heavy atom. The summed E-state index contributed by atoms with van der Waals surface area (Å²) in [6.45, 7) is 1.69. The first-order chi connectivity index (χ1) is 7.90. The van der Waals surface area contributed by atoms with Crippen LogP contribution in [0.2, 0.25) is 0 Å². The molecule has 0 bridgehead atoms. The minimum atomic E-state index is -0.956. The Bertz CT molecular complexity index is 395. The van der Waals surface area contributed by atoms with Crippen LogP contribution in [0.5, 0.6) is 0 Å². The van der Waals surface area contributed by atoms with Gasteiger partial charge in [0.2, 0.25) is 0 Å². The van der Waals surface area contributed by atoms with Crippen LogP contribution < -0.4 is 0 Å². The van der Waals surface area contributed by atoms with Crippen molar-refractivity contribution in [1.29, 1.82) is 0 Å². The molecule has 0 spiro atoms. The monoisotopic (exact) mass is 246 g/mol. The molecule has 2 nitrogen and oxygen atoms in total. The van der Waals surface area contributed by atoms with Gasteiger partial charge in [-0.15, -0.1) is 0 Å². The van der Waals surface area contributed by atoms with E-state index in [1.807, 2.05) is 0 Å². The van der Waals surface area contributed by atoms with E-state index in [2.05, 4.69) is 0 Å². The molecule has 0 fully saturated rings. The molecular weight excluding hydrogens is 233 g/mol. The van der Waals surface area contributed by atoms with E-state index in [-0.39, 0.29) is 24.3 Å². The van der Waals surface area contributed by atoms with E-state index in [1.54, 1.807) is 6.92 Å². The van der Waals surface area contributed by atoms with Gasteiger partial charge >= 0.3 is 5.97 Å². The lowest BCUT2D eigenvalue weighted by Crippen LogP contribution is -2.07. The lowest BCUT2D eigenvalue weighted by atomic mass is 9.98. The third kappa shape index (κ3) is 4.09. The normalized spacial score (nSPS) is 12.5. The van der Waals surface area contributed by atoms with Crippen molar-refractivity contribution in [2.45, 2.75) is 26.2 Å². The highest BCUT2D eigenvalue weighted by Crippen LogP contribution is 2.19. The van der Waals surface area contributed by atoms with Gasteiger partial charge in [0, 0.05) is 24.1 Å². The number of benzene rings is 1. The van der Waals surface area contributed by atoms with E-state index in [1.165, 1.54) is 0 Å². The summed E-state index contributed by atoms with van der Waals surface area (Å²) in [5, 5.41) is 8.53. The summed E-state index contributed by atoms with van der Waals surface area (Å²) in [6, 6.07) is 1.25. The molecule has 1 N–H and O–H groups in total. The van der Waals surface area contributed by atoms with Gasteiger partial charge in [0.1, 0.15) is 17.5 Å². The fourth-order valence-corrected chi connectivity index (χ4v) is 1.60. The zero-order valence-electron chi connectivity index (χ0n) is 9.34. The maximum Gasteiger partial charge on any atom is 0.303 e. The summed E-state index contributed by atoms with van der Waals surface area (Å²) in [6.07, 6.45) is 0.350. The van der Waals surface area contributed by atoms with E-state index < -0.39 is 23.4 Å². The molecule has 1 aromatic rings. The van der Waals surface area contributed by atoms with Crippen LogP contribution in [0.3, 0.4) is 0 Å². The number of carboxylic acids is 1. The van der Waals surface area contributed by atoms with E-state index in [0.717, 1.165) is 0 Å². The van der Waals surface area contributed by atoms with Gasteiger partial charge < -0.3 is 5.11 Å². The van der Waals surface area contributed by atoms with Gasteiger partial charge in [0.05, 0.1) is 0 Å². The number of carbonyl (C=O) groups is 1. The molecule has 0 saturated heterocycles. The maximum atomic E-state index is 13.2. The number of hydrogen-bond donors (Lipinski definition) is 1. The molecule has 1 atom stereocenters. The Labute approximate surface area is 97.1 Å². The second-order valence-corrected chi connectivity index (χ2v) is 4.09. The summed E-state index contributed by atoms with van der Waals surface area (Å²) in [7, 11) is 0. The molecule has 0 aromatic heterocycles. The fourth-order valence-electron chi connectivity index (χ4n) is 1.60. The van der Waals surface area contributed by atoms with Crippen molar-refractivity contribution in [3.63, 3.8) is 0 Å². The van der Waals surface area contributed by atoms with Gasteiger partial charge in [-0.3, -0.25) is 4.79 Å².